The lowest BCUT2D eigenvalue weighted by atomic mass is 9.85. The van der Waals surface area contributed by atoms with Gasteiger partial charge in [0.25, 0.3) is 12.9 Å². The molecule has 0 bridgehead atoms. The maximum Gasteiger partial charge on any atom is 0.472 e. The number of hydrogen-bond acceptors (Lipinski definition) is 14. The number of aliphatic hydroxyl groups excluding tert-OH is 3. The van der Waals surface area contributed by atoms with E-state index in [9.17, 15) is 43.5 Å². The fraction of sp³-hybridized carbons (Fsp3) is 0.818. The predicted octanol–water partition coefficient (Wildman–Crippen LogP) is -3.74. The molecular formula is C11H21O19P3. The number of hydrogen-bond donors (Lipinski definition) is 8. The van der Waals surface area contributed by atoms with Crippen molar-refractivity contribution in [3.63, 3.8) is 0 Å². The highest BCUT2D eigenvalue weighted by Gasteiger charge is 2.56. The van der Waals surface area contributed by atoms with Gasteiger partial charge in [0.05, 0.1) is 6.61 Å². The minimum absolute atomic E-state index is 0.0381. The lowest BCUT2D eigenvalue weighted by Crippen LogP contribution is -2.65. The van der Waals surface area contributed by atoms with Gasteiger partial charge >= 0.3 is 23.5 Å². The average molecular weight is 550 g/mol. The summed E-state index contributed by atoms with van der Waals surface area (Å²) < 4.78 is 60.4. The van der Waals surface area contributed by atoms with Crippen LogP contribution in [0.4, 0.5) is 0 Å². The molecule has 0 saturated heterocycles. The van der Waals surface area contributed by atoms with Gasteiger partial charge in [0.1, 0.15) is 43.2 Å². The zero-order chi connectivity index (χ0) is 25.6. The maximum absolute atomic E-state index is 12.2. The third kappa shape index (κ3) is 10.1. The number of ether oxygens (including phenoxy) is 2. The Morgan fingerprint density at radius 3 is 1.64 bits per heavy atom. The molecule has 0 aromatic rings. The van der Waals surface area contributed by atoms with Gasteiger partial charge in [0.2, 0.25) is 0 Å². The molecule has 1 aliphatic rings. The van der Waals surface area contributed by atoms with Crippen LogP contribution in [0.1, 0.15) is 0 Å². The Balaban J connectivity index is 3.07. The third-order valence-electron chi connectivity index (χ3n) is 3.81. The summed E-state index contributed by atoms with van der Waals surface area (Å²) in [5.41, 5.74) is 0. The van der Waals surface area contributed by atoms with Crippen LogP contribution in [0.2, 0.25) is 0 Å². The topological polar surface area (TPSA) is 303 Å². The van der Waals surface area contributed by atoms with Gasteiger partial charge in [0, 0.05) is 0 Å². The molecule has 1 unspecified atom stereocenters. The number of aliphatic hydroxyl groups is 3. The summed E-state index contributed by atoms with van der Waals surface area (Å²) in [4.78, 5) is 66.2. The summed E-state index contributed by atoms with van der Waals surface area (Å²) in [5, 5.41) is 30.4. The Bertz CT molecular complexity index is 792. The highest BCUT2D eigenvalue weighted by molar-refractivity contribution is 7.47. The second kappa shape index (κ2) is 12.2. The van der Waals surface area contributed by atoms with Gasteiger partial charge in [0.15, 0.2) is 6.10 Å². The summed E-state index contributed by atoms with van der Waals surface area (Å²) in [5.74, 6) is 0. The van der Waals surface area contributed by atoms with Crippen molar-refractivity contribution in [2.75, 3.05) is 13.2 Å². The number of phosphoric ester groups is 3. The summed E-state index contributed by atoms with van der Waals surface area (Å²) in [6.07, 6.45) is -16.2. The lowest BCUT2D eigenvalue weighted by molar-refractivity contribution is -0.213. The molecule has 0 aromatic heterocycles. The van der Waals surface area contributed by atoms with Gasteiger partial charge in [-0.2, -0.15) is 0 Å². The van der Waals surface area contributed by atoms with Crippen molar-refractivity contribution < 1.29 is 90.6 Å². The van der Waals surface area contributed by atoms with Gasteiger partial charge in [-0.3, -0.25) is 27.7 Å². The Kier molecular flexibility index (Phi) is 11.2. The summed E-state index contributed by atoms with van der Waals surface area (Å²) >= 11 is 0. The van der Waals surface area contributed by atoms with Crippen LogP contribution in [-0.2, 0) is 50.9 Å². The standard InChI is InChI=1S/C11H21O19P3/c12-3-25-1-5(26-4-13)2-27-33(23,24)30-9-6(14)7(15)10(28-31(17,18)19)11(8(9)16)29-32(20,21)22/h3-11,14-16H,1-2H2,(H,23,24)(H2,17,18,19)(H2,20,21,22)/t5-,6-,7+,8+,9-,10-,11-/m1/s1. The molecule has 33 heavy (non-hydrogen) atoms. The van der Waals surface area contributed by atoms with E-state index < -0.39 is 79.4 Å². The van der Waals surface area contributed by atoms with E-state index in [4.69, 9.17) is 19.6 Å². The van der Waals surface area contributed by atoms with Crippen LogP contribution in [0.25, 0.3) is 0 Å². The van der Waals surface area contributed by atoms with Crippen molar-refractivity contribution in [2.45, 2.75) is 42.7 Å². The van der Waals surface area contributed by atoms with E-state index in [1.807, 2.05) is 0 Å². The molecule has 194 valence electrons. The van der Waals surface area contributed by atoms with E-state index in [0.717, 1.165) is 0 Å². The second-order valence-electron chi connectivity index (χ2n) is 6.21. The molecule has 0 radical (unpaired) electrons. The average Bonchev–Trinajstić information content (AvgIpc) is 2.67. The molecule has 8 N–H and O–H groups in total. The van der Waals surface area contributed by atoms with Gasteiger partial charge in [-0.05, 0) is 0 Å². The van der Waals surface area contributed by atoms with Crippen molar-refractivity contribution in [2.24, 2.45) is 0 Å². The van der Waals surface area contributed by atoms with E-state index in [1.54, 1.807) is 0 Å². The summed E-state index contributed by atoms with van der Waals surface area (Å²) in [6, 6.07) is 0. The minimum Gasteiger partial charge on any atom is -0.464 e. The van der Waals surface area contributed by atoms with Gasteiger partial charge in [-0.1, -0.05) is 0 Å². The van der Waals surface area contributed by atoms with Gasteiger partial charge in [-0.15, -0.1) is 0 Å². The first-order valence-electron chi connectivity index (χ1n) is 8.33. The lowest BCUT2D eigenvalue weighted by Gasteiger charge is -2.44. The van der Waals surface area contributed by atoms with Crippen LogP contribution in [0.15, 0.2) is 0 Å². The van der Waals surface area contributed by atoms with E-state index in [2.05, 4.69) is 27.6 Å². The van der Waals surface area contributed by atoms with Crippen molar-refractivity contribution >= 4 is 36.4 Å². The smallest absolute Gasteiger partial charge is 0.464 e. The number of carbonyl (C=O) groups excluding carboxylic acids is 2. The van der Waals surface area contributed by atoms with Crippen molar-refractivity contribution in [3.8, 4) is 0 Å². The SMILES string of the molecule is O=COC[C@H](COP(=O)(O)O[C@@H]1[C@H](O)[C@H](O)[C@@H](OP(=O)(O)O)[C@H](OP(=O)(O)O)[C@H]1O)OC=O. The summed E-state index contributed by atoms with van der Waals surface area (Å²) in [6.45, 7) is -1.70. The van der Waals surface area contributed by atoms with Crippen LogP contribution in [-0.4, -0.2) is 109 Å². The minimum atomic E-state index is -5.54. The molecule has 1 rings (SSSR count). The first-order chi connectivity index (χ1) is 15.0. The molecule has 0 amide bonds. The van der Waals surface area contributed by atoms with Crippen molar-refractivity contribution in [1.82, 2.24) is 0 Å². The van der Waals surface area contributed by atoms with E-state index >= 15 is 0 Å². The van der Waals surface area contributed by atoms with Crippen LogP contribution >= 0.6 is 23.5 Å². The quantitative estimate of drug-likeness (QED) is 0.0761. The highest BCUT2D eigenvalue weighted by atomic mass is 31.2. The zero-order valence-corrected chi connectivity index (χ0v) is 18.7. The van der Waals surface area contributed by atoms with Crippen LogP contribution in [0, 0.1) is 0 Å². The molecule has 0 aromatic carbocycles. The molecule has 8 atom stereocenters. The zero-order valence-electron chi connectivity index (χ0n) is 16.0. The van der Waals surface area contributed by atoms with Crippen molar-refractivity contribution in [3.05, 3.63) is 0 Å². The largest absolute Gasteiger partial charge is 0.472 e. The molecule has 0 heterocycles. The normalized spacial score (nSPS) is 31.3. The third-order valence-corrected chi connectivity index (χ3v) is 5.84. The molecule has 22 heteroatoms. The molecule has 1 saturated carbocycles. The van der Waals surface area contributed by atoms with Crippen LogP contribution in [0.5, 0.6) is 0 Å². The molecular weight excluding hydrogens is 529 g/mol. The number of phosphoric acid groups is 3. The Morgan fingerprint density at radius 2 is 1.18 bits per heavy atom. The van der Waals surface area contributed by atoms with E-state index in [-0.39, 0.29) is 12.9 Å². The molecule has 19 nitrogen and oxygen atoms in total. The first kappa shape index (κ1) is 30.2. The fourth-order valence-electron chi connectivity index (χ4n) is 2.57. The molecule has 0 spiro atoms. The van der Waals surface area contributed by atoms with Crippen molar-refractivity contribution in [1.29, 1.82) is 0 Å². The predicted molar refractivity (Wildman–Crippen MR) is 95.5 cm³/mol. The highest BCUT2D eigenvalue weighted by Crippen LogP contribution is 2.51. The Morgan fingerprint density at radius 1 is 0.697 bits per heavy atom. The van der Waals surface area contributed by atoms with E-state index in [0.29, 0.717) is 0 Å². The number of carbonyl (C=O) groups is 2. The van der Waals surface area contributed by atoms with Crippen LogP contribution < -0.4 is 0 Å². The Labute approximate surface area is 183 Å². The molecule has 1 aliphatic carbocycles. The summed E-state index contributed by atoms with van der Waals surface area (Å²) in [7, 11) is -16.4. The van der Waals surface area contributed by atoms with Gasteiger partial charge < -0.3 is 49.3 Å². The molecule has 1 fully saturated rings. The van der Waals surface area contributed by atoms with E-state index in [1.165, 1.54) is 0 Å². The molecule has 0 aliphatic heterocycles. The monoisotopic (exact) mass is 550 g/mol. The van der Waals surface area contributed by atoms with Crippen LogP contribution in [0.3, 0.4) is 0 Å². The Hall–Kier alpha value is -0.850. The van der Waals surface area contributed by atoms with Gasteiger partial charge in [-0.25, -0.2) is 13.7 Å². The number of rotatable bonds is 14. The second-order valence-corrected chi connectivity index (χ2v) is 10.0. The maximum atomic E-state index is 12.2. The first-order valence-corrected chi connectivity index (χ1v) is 12.9. The fourth-order valence-corrected chi connectivity index (χ4v) is 4.66.